The van der Waals surface area contributed by atoms with E-state index in [2.05, 4.69) is 15.5 Å². The molecular weight excluding hydrogens is 216 g/mol. The van der Waals surface area contributed by atoms with E-state index in [9.17, 15) is 4.79 Å². The number of benzene rings is 1. The summed E-state index contributed by atoms with van der Waals surface area (Å²) in [5.41, 5.74) is 1.72. The number of amides is 1. The number of aromatic nitrogens is 2. The SMILES string of the molecule is CNC(=O)C(C#N)=Cc1ccc2cn[nH]c2c1. The van der Waals surface area contributed by atoms with Gasteiger partial charge in [-0.1, -0.05) is 12.1 Å². The predicted molar refractivity (Wildman–Crippen MR) is 63.8 cm³/mol. The van der Waals surface area contributed by atoms with E-state index < -0.39 is 5.91 Å². The van der Waals surface area contributed by atoms with E-state index in [4.69, 9.17) is 5.26 Å². The van der Waals surface area contributed by atoms with Gasteiger partial charge in [-0.25, -0.2) is 0 Å². The molecule has 0 radical (unpaired) electrons. The quantitative estimate of drug-likeness (QED) is 0.596. The number of likely N-dealkylation sites (N-methyl/N-ethyl adjacent to an activating group) is 1. The summed E-state index contributed by atoms with van der Waals surface area (Å²) in [6, 6.07) is 7.41. The van der Waals surface area contributed by atoms with Crippen LogP contribution in [0, 0.1) is 11.3 Å². The number of carbonyl (C=O) groups excluding carboxylic acids is 1. The highest BCUT2D eigenvalue weighted by Crippen LogP contribution is 2.15. The molecule has 2 rings (SSSR count). The Bertz CT molecular complexity index is 633. The minimum absolute atomic E-state index is 0.0753. The van der Waals surface area contributed by atoms with Crippen LogP contribution in [0.15, 0.2) is 30.0 Å². The highest BCUT2D eigenvalue weighted by Gasteiger charge is 2.06. The van der Waals surface area contributed by atoms with Crippen LogP contribution in [0.3, 0.4) is 0 Å². The maximum absolute atomic E-state index is 11.3. The maximum atomic E-state index is 11.3. The van der Waals surface area contributed by atoms with Crippen molar-refractivity contribution in [2.75, 3.05) is 7.05 Å². The number of carbonyl (C=O) groups is 1. The molecule has 0 saturated carbocycles. The van der Waals surface area contributed by atoms with Crippen LogP contribution < -0.4 is 5.32 Å². The Labute approximate surface area is 97.7 Å². The van der Waals surface area contributed by atoms with Gasteiger partial charge < -0.3 is 5.32 Å². The Morgan fingerprint density at radius 3 is 3.12 bits per heavy atom. The summed E-state index contributed by atoms with van der Waals surface area (Å²) in [5, 5.41) is 19.0. The number of nitrogens with one attached hydrogen (secondary N) is 2. The molecule has 0 unspecified atom stereocenters. The number of hydrogen-bond donors (Lipinski definition) is 2. The third-order valence-corrected chi connectivity index (χ3v) is 2.37. The first-order chi connectivity index (χ1) is 8.24. The summed E-state index contributed by atoms with van der Waals surface area (Å²) < 4.78 is 0. The van der Waals surface area contributed by atoms with Crippen LogP contribution >= 0.6 is 0 Å². The van der Waals surface area contributed by atoms with Gasteiger partial charge in [0.25, 0.3) is 5.91 Å². The Morgan fingerprint density at radius 2 is 2.41 bits per heavy atom. The summed E-state index contributed by atoms with van der Waals surface area (Å²) in [5.74, 6) is -0.391. The minimum atomic E-state index is -0.391. The highest BCUT2D eigenvalue weighted by molar-refractivity contribution is 6.01. The first-order valence-electron chi connectivity index (χ1n) is 5.01. The lowest BCUT2D eigenvalue weighted by molar-refractivity contribution is -0.116. The van der Waals surface area contributed by atoms with Gasteiger partial charge in [0.2, 0.25) is 0 Å². The molecule has 5 heteroatoms. The van der Waals surface area contributed by atoms with Crippen molar-refractivity contribution in [2.45, 2.75) is 0 Å². The van der Waals surface area contributed by atoms with Crippen molar-refractivity contribution in [1.29, 1.82) is 5.26 Å². The fraction of sp³-hybridized carbons (Fsp3) is 0.0833. The summed E-state index contributed by atoms with van der Waals surface area (Å²) in [4.78, 5) is 11.3. The van der Waals surface area contributed by atoms with Crippen molar-refractivity contribution < 1.29 is 4.79 Å². The van der Waals surface area contributed by atoms with Crippen LogP contribution in [0.4, 0.5) is 0 Å². The molecule has 0 atom stereocenters. The number of nitrogens with zero attached hydrogens (tertiary/aromatic N) is 2. The molecule has 2 N–H and O–H groups in total. The smallest absolute Gasteiger partial charge is 0.261 e. The van der Waals surface area contributed by atoms with Gasteiger partial charge in [-0.05, 0) is 17.7 Å². The van der Waals surface area contributed by atoms with E-state index in [1.807, 2.05) is 24.3 Å². The molecule has 1 aromatic heterocycles. The first-order valence-corrected chi connectivity index (χ1v) is 5.01. The lowest BCUT2D eigenvalue weighted by Gasteiger charge is -1.98. The van der Waals surface area contributed by atoms with Crippen molar-refractivity contribution in [3.05, 3.63) is 35.5 Å². The molecule has 0 spiro atoms. The van der Waals surface area contributed by atoms with Gasteiger partial charge in [0.1, 0.15) is 11.6 Å². The second kappa shape index (κ2) is 4.49. The normalized spacial score (nSPS) is 11.2. The molecule has 0 fully saturated rings. The Morgan fingerprint density at radius 1 is 1.59 bits per heavy atom. The summed E-state index contributed by atoms with van der Waals surface area (Å²) in [6.45, 7) is 0. The molecule has 0 aliphatic rings. The predicted octanol–water partition coefficient (Wildman–Crippen LogP) is 1.22. The van der Waals surface area contributed by atoms with Crippen LogP contribution in [-0.2, 0) is 4.79 Å². The monoisotopic (exact) mass is 226 g/mol. The van der Waals surface area contributed by atoms with Crippen LogP contribution in [0.5, 0.6) is 0 Å². The third kappa shape index (κ3) is 2.16. The average Bonchev–Trinajstić information content (AvgIpc) is 2.82. The molecule has 84 valence electrons. The van der Waals surface area contributed by atoms with E-state index in [0.717, 1.165) is 16.5 Å². The van der Waals surface area contributed by atoms with Crippen LogP contribution in [0.2, 0.25) is 0 Å². The molecule has 0 aliphatic carbocycles. The molecule has 17 heavy (non-hydrogen) atoms. The zero-order chi connectivity index (χ0) is 12.3. The number of rotatable bonds is 2. The lowest BCUT2D eigenvalue weighted by Crippen LogP contribution is -2.19. The first kappa shape index (κ1) is 10.9. The molecule has 1 heterocycles. The van der Waals surface area contributed by atoms with Crippen LogP contribution in [0.25, 0.3) is 17.0 Å². The molecule has 0 bridgehead atoms. The van der Waals surface area contributed by atoms with Crippen LogP contribution in [-0.4, -0.2) is 23.2 Å². The maximum Gasteiger partial charge on any atom is 0.261 e. The summed E-state index contributed by atoms with van der Waals surface area (Å²) >= 11 is 0. The number of nitriles is 1. The molecule has 1 amide bonds. The molecule has 0 aliphatic heterocycles. The van der Waals surface area contributed by atoms with E-state index in [1.165, 1.54) is 7.05 Å². The van der Waals surface area contributed by atoms with Crippen molar-refractivity contribution in [3.63, 3.8) is 0 Å². The van der Waals surface area contributed by atoms with Gasteiger partial charge in [-0.3, -0.25) is 9.89 Å². The van der Waals surface area contributed by atoms with Crippen molar-refractivity contribution in [1.82, 2.24) is 15.5 Å². The largest absolute Gasteiger partial charge is 0.354 e. The van der Waals surface area contributed by atoms with E-state index >= 15 is 0 Å². The number of aromatic amines is 1. The molecular formula is C12H10N4O. The zero-order valence-electron chi connectivity index (χ0n) is 9.19. The second-order valence-electron chi connectivity index (χ2n) is 3.47. The number of H-pyrrole nitrogens is 1. The standard InChI is InChI=1S/C12H10N4O/c1-14-12(17)10(6-13)4-8-2-3-9-7-15-16-11(9)5-8/h2-5,7H,1H3,(H,14,17)(H,15,16). The number of hydrogen-bond acceptors (Lipinski definition) is 3. The van der Waals surface area contributed by atoms with Gasteiger partial charge in [0.15, 0.2) is 0 Å². The highest BCUT2D eigenvalue weighted by atomic mass is 16.1. The van der Waals surface area contributed by atoms with Crippen molar-refractivity contribution >= 4 is 22.9 Å². The Kier molecular flexibility index (Phi) is 2.88. The van der Waals surface area contributed by atoms with Crippen molar-refractivity contribution in [2.24, 2.45) is 0 Å². The fourth-order valence-electron chi connectivity index (χ4n) is 1.49. The van der Waals surface area contributed by atoms with E-state index in [1.54, 1.807) is 12.3 Å². The third-order valence-electron chi connectivity index (χ3n) is 2.37. The van der Waals surface area contributed by atoms with Gasteiger partial charge in [0.05, 0.1) is 11.7 Å². The van der Waals surface area contributed by atoms with Gasteiger partial charge >= 0.3 is 0 Å². The minimum Gasteiger partial charge on any atom is -0.354 e. The van der Waals surface area contributed by atoms with Crippen LogP contribution in [0.1, 0.15) is 5.56 Å². The number of fused-ring (bicyclic) bond motifs is 1. The van der Waals surface area contributed by atoms with Gasteiger partial charge in [-0.15, -0.1) is 0 Å². The lowest BCUT2D eigenvalue weighted by atomic mass is 10.1. The van der Waals surface area contributed by atoms with Gasteiger partial charge in [-0.2, -0.15) is 10.4 Å². The molecule has 5 nitrogen and oxygen atoms in total. The second-order valence-corrected chi connectivity index (χ2v) is 3.47. The van der Waals surface area contributed by atoms with E-state index in [-0.39, 0.29) is 5.57 Å². The molecule has 1 aromatic carbocycles. The molecule has 0 saturated heterocycles. The average molecular weight is 226 g/mol. The topological polar surface area (TPSA) is 81.6 Å². The molecule has 2 aromatic rings. The summed E-state index contributed by atoms with van der Waals surface area (Å²) in [6.07, 6.45) is 3.26. The summed E-state index contributed by atoms with van der Waals surface area (Å²) in [7, 11) is 1.49. The fourth-order valence-corrected chi connectivity index (χ4v) is 1.49. The van der Waals surface area contributed by atoms with Crippen molar-refractivity contribution in [3.8, 4) is 6.07 Å². The zero-order valence-corrected chi connectivity index (χ0v) is 9.19. The Hall–Kier alpha value is -2.61. The Balaban J connectivity index is 2.43. The van der Waals surface area contributed by atoms with Gasteiger partial charge in [0, 0.05) is 12.4 Å². The van der Waals surface area contributed by atoms with E-state index in [0.29, 0.717) is 0 Å².